The molecule has 2 aliphatic rings. The lowest BCUT2D eigenvalue weighted by atomic mass is 10.0. The Bertz CT molecular complexity index is 475. The average Bonchev–Trinajstić information content (AvgIpc) is 2.56. The highest BCUT2D eigenvalue weighted by Gasteiger charge is 2.25. The molecule has 0 aliphatic carbocycles. The number of carbonyl (C=O) groups excluding carboxylic acids is 1. The summed E-state index contributed by atoms with van der Waals surface area (Å²) in [6.45, 7) is 6.01. The molecule has 5 nitrogen and oxygen atoms in total. The minimum atomic E-state index is -0.368. The van der Waals surface area contributed by atoms with Crippen LogP contribution in [0, 0.1) is 0 Å². The number of nitrogens with zero attached hydrogens (tertiary/aromatic N) is 2. The van der Waals surface area contributed by atoms with Crippen LogP contribution in [0.25, 0.3) is 0 Å². The van der Waals surface area contributed by atoms with E-state index >= 15 is 0 Å². The molecule has 1 aromatic rings. The highest BCUT2D eigenvalue weighted by atomic mass is 16.5. The molecule has 21 heavy (non-hydrogen) atoms. The van der Waals surface area contributed by atoms with Gasteiger partial charge in [-0.3, -0.25) is 9.69 Å². The smallest absolute Gasteiger partial charge is 0.248 e. The monoisotopic (exact) mass is 289 g/mol. The summed E-state index contributed by atoms with van der Waals surface area (Å²) in [6.07, 6.45) is 2.38. The van der Waals surface area contributed by atoms with E-state index in [4.69, 9.17) is 10.5 Å². The van der Waals surface area contributed by atoms with Gasteiger partial charge in [0, 0.05) is 43.5 Å². The highest BCUT2D eigenvalue weighted by molar-refractivity contribution is 5.93. The van der Waals surface area contributed by atoms with Crippen molar-refractivity contribution in [1.29, 1.82) is 0 Å². The quantitative estimate of drug-likeness (QED) is 0.905. The molecule has 1 amide bonds. The molecular formula is C16H23N3O2. The van der Waals surface area contributed by atoms with Crippen molar-refractivity contribution in [1.82, 2.24) is 4.90 Å². The third-order valence-corrected chi connectivity index (χ3v) is 4.54. The maximum Gasteiger partial charge on any atom is 0.248 e. The van der Waals surface area contributed by atoms with Gasteiger partial charge in [0.1, 0.15) is 0 Å². The summed E-state index contributed by atoms with van der Waals surface area (Å²) in [6, 6.07) is 8.30. The van der Waals surface area contributed by atoms with E-state index in [1.165, 1.54) is 18.5 Å². The van der Waals surface area contributed by atoms with Crippen LogP contribution in [0.2, 0.25) is 0 Å². The molecule has 0 aromatic heterocycles. The van der Waals surface area contributed by atoms with Crippen LogP contribution in [0.5, 0.6) is 0 Å². The van der Waals surface area contributed by atoms with Crippen molar-refractivity contribution in [3.05, 3.63) is 29.8 Å². The third kappa shape index (κ3) is 3.36. The molecule has 2 heterocycles. The molecule has 0 radical (unpaired) electrons. The van der Waals surface area contributed by atoms with Gasteiger partial charge in [-0.2, -0.15) is 0 Å². The first-order valence-electron chi connectivity index (χ1n) is 7.70. The lowest BCUT2D eigenvalue weighted by molar-refractivity contribution is 0.0115. The Kier molecular flexibility index (Phi) is 4.41. The number of hydrogen-bond donors (Lipinski definition) is 1. The first kappa shape index (κ1) is 14.4. The van der Waals surface area contributed by atoms with Crippen molar-refractivity contribution in [2.75, 3.05) is 44.3 Å². The molecule has 0 bridgehead atoms. The summed E-state index contributed by atoms with van der Waals surface area (Å²) < 4.78 is 5.42. The summed E-state index contributed by atoms with van der Waals surface area (Å²) in [4.78, 5) is 16.1. The topological polar surface area (TPSA) is 58.8 Å². The van der Waals surface area contributed by atoms with E-state index in [0.29, 0.717) is 11.6 Å². The molecular weight excluding hydrogens is 266 g/mol. The van der Waals surface area contributed by atoms with E-state index in [2.05, 4.69) is 9.80 Å². The van der Waals surface area contributed by atoms with Gasteiger partial charge in [-0.15, -0.1) is 0 Å². The number of amides is 1. The predicted molar refractivity (Wildman–Crippen MR) is 82.6 cm³/mol. The fourth-order valence-corrected chi connectivity index (χ4v) is 3.27. The van der Waals surface area contributed by atoms with Crippen LogP contribution >= 0.6 is 0 Å². The molecule has 2 N–H and O–H groups in total. The number of rotatable bonds is 3. The van der Waals surface area contributed by atoms with Crippen molar-refractivity contribution in [3.8, 4) is 0 Å². The molecule has 0 spiro atoms. The summed E-state index contributed by atoms with van der Waals surface area (Å²) in [5.74, 6) is -0.368. The largest absolute Gasteiger partial charge is 0.379 e. The Morgan fingerprint density at radius 1 is 1.05 bits per heavy atom. The van der Waals surface area contributed by atoms with E-state index in [-0.39, 0.29) is 5.91 Å². The maximum absolute atomic E-state index is 11.1. The van der Waals surface area contributed by atoms with E-state index in [1.54, 1.807) is 0 Å². The van der Waals surface area contributed by atoms with Crippen LogP contribution in [0.3, 0.4) is 0 Å². The molecule has 5 heteroatoms. The zero-order valence-corrected chi connectivity index (χ0v) is 12.3. The number of nitrogens with two attached hydrogens (primary N) is 1. The Hall–Kier alpha value is -1.59. The fourth-order valence-electron chi connectivity index (χ4n) is 3.27. The summed E-state index contributed by atoms with van der Waals surface area (Å²) in [5, 5.41) is 0. The minimum absolute atomic E-state index is 0.368. The Labute approximate surface area is 125 Å². The Morgan fingerprint density at radius 2 is 1.67 bits per heavy atom. The Balaban J connectivity index is 1.56. The van der Waals surface area contributed by atoms with Gasteiger partial charge in [0.2, 0.25) is 5.91 Å². The number of piperidine rings is 1. The standard InChI is InChI=1S/C16H23N3O2/c17-16(20)13-1-3-14(4-2-13)18-7-5-15(6-8-18)19-9-11-21-12-10-19/h1-4,15H,5-12H2,(H2,17,20). The van der Waals surface area contributed by atoms with Crippen molar-refractivity contribution >= 4 is 11.6 Å². The first-order chi connectivity index (χ1) is 10.2. The fraction of sp³-hybridized carbons (Fsp3) is 0.562. The van der Waals surface area contributed by atoms with E-state index in [1.807, 2.05) is 24.3 Å². The molecule has 1 aromatic carbocycles. The predicted octanol–water partition coefficient (Wildman–Crippen LogP) is 1.09. The number of primary amides is 1. The SMILES string of the molecule is NC(=O)c1ccc(N2CCC(N3CCOCC3)CC2)cc1. The lowest BCUT2D eigenvalue weighted by Gasteiger charge is -2.40. The molecule has 0 atom stereocenters. The molecule has 2 fully saturated rings. The van der Waals surface area contributed by atoms with Crippen LogP contribution in [0.1, 0.15) is 23.2 Å². The summed E-state index contributed by atoms with van der Waals surface area (Å²) in [5.41, 5.74) is 7.03. The zero-order chi connectivity index (χ0) is 14.7. The normalized spacial score (nSPS) is 21.4. The zero-order valence-electron chi connectivity index (χ0n) is 12.3. The van der Waals surface area contributed by atoms with E-state index < -0.39 is 0 Å². The molecule has 0 unspecified atom stereocenters. The second kappa shape index (κ2) is 6.45. The maximum atomic E-state index is 11.1. The van der Waals surface area contributed by atoms with Gasteiger partial charge in [-0.25, -0.2) is 0 Å². The van der Waals surface area contributed by atoms with Gasteiger partial charge in [0.25, 0.3) is 0 Å². The average molecular weight is 289 g/mol. The van der Waals surface area contributed by atoms with Crippen LogP contribution in [-0.4, -0.2) is 56.2 Å². The number of hydrogen-bond acceptors (Lipinski definition) is 4. The number of morpholine rings is 1. The van der Waals surface area contributed by atoms with Gasteiger partial charge in [-0.05, 0) is 37.1 Å². The molecule has 0 saturated carbocycles. The van der Waals surface area contributed by atoms with Crippen molar-refractivity contribution < 1.29 is 9.53 Å². The first-order valence-corrected chi connectivity index (χ1v) is 7.70. The number of ether oxygens (including phenoxy) is 1. The minimum Gasteiger partial charge on any atom is -0.379 e. The second-order valence-electron chi connectivity index (χ2n) is 5.78. The Morgan fingerprint density at radius 3 is 2.24 bits per heavy atom. The van der Waals surface area contributed by atoms with E-state index in [9.17, 15) is 4.79 Å². The summed E-state index contributed by atoms with van der Waals surface area (Å²) >= 11 is 0. The lowest BCUT2D eigenvalue weighted by Crippen LogP contribution is -2.49. The highest BCUT2D eigenvalue weighted by Crippen LogP contribution is 2.23. The van der Waals surface area contributed by atoms with Crippen LogP contribution in [0.15, 0.2) is 24.3 Å². The number of carbonyl (C=O) groups is 1. The number of benzene rings is 1. The molecule has 3 rings (SSSR count). The molecule has 2 aliphatic heterocycles. The van der Waals surface area contributed by atoms with Crippen molar-refractivity contribution in [2.45, 2.75) is 18.9 Å². The second-order valence-corrected chi connectivity index (χ2v) is 5.78. The van der Waals surface area contributed by atoms with E-state index in [0.717, 1.165) is 39.4 Å². The van der Waals surface area contributed by atoms with Crippen LogP contribution in [0.4, 0.5) is 5.69 Å². The molecule has 114 valence electrons. The van der Waals surface area contributed by atoms with Crippen molar-refractivity contribution in [3.63, 3.8) is 0 Å². The van der Waals surface area contributed by atoms with Crippen LogP contribution < -0.4 is 10.6 Å². The molecule has 2 saturated heterocycles. The van der Waals surface area contributed by atoms with Gasteiger partial charge >= 0.3 is 0 Å². The van der Waals surface area contributed by atoms with Gasteiger partial charge in [0.05, 0.1) is 13.2 Å². The summed E-state index contributed by atoms with van der Waals surface area (Å²) in [7, 11) is 0. The van der Waals surface area contributed by atoms with Gasteiger partial charge < -0.3 is 15.4 Å². The van der Waals surface area contributed by atoms with Gasteiger partial charge in [-0.1, -0.05) is 0 Å². The van der Waals surface area contributed by atoms with Gasteiger partial charge in [0.15, 0.2) is 0 Å². The third-order valence-electron chi connectivity index (χ3n) is 4.54. The van der Waals surface area contributed by atoms with Crippen molar-refractivity contribution in [2.24, 2.45) is 5.73 Å². The number of anilines is 1. The van der Waals surface area contributed by atoms with Crippen LogP contribution in [-0.2, 0) is 4.74 Å².